The molecule has 5 rings (SSSR count). The summed E-state index contributed by atoms with van der Waals surface area (Å²) >= 11 is 0. The fourth-order valence-electron chi connectivity index (χ4n) is 5.33. The first-order chi connectivity index (χ1) is 11.7. The number of ether oxygens (including phenoxy) is 1. The van der Waals surface area contributed by atoms with Crippen LogP contribution in [-0.2, 0) is 14.3 Å². The van der Waals surface area contributed by atoms with Crippen molar-refractivity contribution in [2.75, 3.05) is 12.1 Å². The predicted molar refractivity (Wildman–Crippen MR) is 95.4 cm³/mol. The average molecular weight is 340 g/mol. The minimum atomic E-state index is -0.534. The molecular weight excluding hydrogens is 316 g/mol. The van der Waals surface area contributed by atoms with Crippen LogP contribution in [0.4, 0.5) is 5.69 Å². The Labute approximate surface area is 148 Å². The summed E-state index contributed by atoms with van der Waals surface area (Å²) in [5.74, 6) is -0.589. The van der Waals surface area contributed by atoms with Crippen molar-refractivity contribution in [2.24, 2.45) is 28.3 Å². The van der Waals surface area contributed by atoms with E-state index in [4.69, 9.17) is 4.74 Å². The third kappa shape index (κ3) is 1.87. The van der Waals surface area contributed by atoms with Crippen molar-refractivity contribution in [3.8, 4) is 0 Å². The second kappa shape index (κ2) is 4.93. The van der Waals surface area contributed by atoms with Crippen LogP contribution in [0.3, 0.4) is 0 Å². The van der Waals surface area contributed by atoms with E-state index < -0.39 is 17.4 Å². The van der Waals surface area contributed by atoms with Gasteiger partial charge in [0, 0.05) is 5.92 Å². The average Bonchev–Trinajstić information content (AvgIpc) is 2.88. The number of hydrazone groups is 1. The zero-order valence-electron chi connectivity index (χ0n) is 15.4. The number of hydrogen-bond acceptors (Lipinski definition) is 5. The molecule has 1 aromatic carbocycles. The summed E-state index contributed by atoms with van der Waals surface area (Å²) in [6.45, 7) is 8.44. The molecule has 0 aromatic heterocycles. The Hall–Kier alpha value is -2.17. The van der Waals surface area contributed by atoms with E-state index in [0.717, 1.165) is 17.7 Å². The number of ketones is 1. The van der Waals surface area contributed by atoms with E-state index in [-0.39, 0.29) is 22.8 Å². The van der Waals surface area contributed by atoms with E-state index in [1.807, 2.05) is 36.2 Å². The first kappa shape index (κ1) is 16.3. The van der Waals surface area contributed by atoms with Gasteiger partial charge in [0.05, 0.1) is 24.3 Å². The van der Waals surface area contributed by atoms with Gasteiger partial charge in [0.15, 0.2) is 5.71 Å². The van der Waals surface area contributed by atoms with Crippen LogP contribution < -0.4 is 5.01 Å². The van der Waals surface area contributed by atoms with Gasteiger partial charge in [-0.3, -0.25) is 9.80 Å². The molecule has 0 N–H and O–H groups in total. The highest BCUT2D eigenvalue weighted by Gasteiger charge is 2.73. The second-order valence-corrected chi connectivity index (χ2v) is 8.35. The van der Waals surface area contributed by atoms with Gasteiger partial charge >= 0.3 is 5.97 Å². The molecule has 1 aromatic rings. The van der Waals surface area contributed by atoms with Gasteiger partial charge in [-0.2, -0.15) is 5.10 Å². The Balaban J connectivity index is 1.88. The van der Waals surface area contributed by atoms with Crippen molar-refractivity contribution in [3.63, 3.8) is 0 Å². The van der Waals surface area contributed by atoms with Gasteiger partial charge in [-0.05, 0) is 43.7 Å². The highest BCUT2D eigenvalue weighted by molar-refractivity contribution is 6.43. The standard InChI is InChI=1S/C20H24N2O3/c1-11-6-8-12(9-7-11)22-20(4)14-10-13(19(14,2)3)17(23)15(20)16(21-22)18(24)25-5/h6-9,13-15H,10H2,1-5H3/t13-,14-,15+,20-/m1/s1. The predicted octanol–water partition coefficient (Wildman–Crippen LogP) is 2.96. The van der Waals surface area contributed by atoms with E-state index >= 15 is 0 Å². The molecule has 3 fully saturated rings. The van der Waals surface area contributed by atoms with Crippen LogP contribution in [0.5, 0.6) is 0 Å². The van der Waals surface area contributed by atoms with Crippen LogP contribution >= 0.6 is 0 Å². The fraction of sp³-hybridized carbons (Fsp3) is 0.550. The molecule has 132 valence electrons. The lowest BCUT2D eigenvalue weighted by Gasteiger charge is -2.65. The number of nitrogens with zero attached hydrogens (tertiary/aromatic N) is 2. The molecule has 2 bridgehead atoms. The molecule has 0 amide bonds. The molecule has 1 aliphatic heterocycles. The highest BCUT2D eigenvalue weighted by Crippen LogP contribution is 2.66. The van der Waals surface area contributed by atoms with Crippen LogP contribution in [0.25, 0.3) is 0 Å². The van der Waals surface area contributed by atoms with Gasteiger partial charge < -0.3 is 4.74 Å². The molecule has 0 radical (unpaired) electrons. The van der Waals surface area contributed by atoms with Gasteiger partial charge in [0.25, 0.3) is 0 Å². The number of carbonyl (C=O) groups is 2. The van der Waals surface area contributed by atoms with Crippen LogP contribution in [-0.4, -0.2) is 30.1 Å². The lowest BCUT2D eigenvalue weighted by Crippen LogP contribution is -2.72. The quantitative estimate of drug-likeness (QED) is 0.777. The van der Waals surface area contributed by atoms with Gasteiger partial charge in [0.1, 0.15) is 5.78 Å². The first-order valence-corrected chi connectivity index (χ1v) is 8.80. The highest BCUT2D eigenvalue weighted by atomic mass is 16.5. The number of carbonyl (C=O) groups excluding carboxylic acids is 2. The zero-order valence-corrected chi connectivity index (χ0v) is 15.4. The molecule has 0 saturated heterocycles. The van der Waals surface area contributed by atoms with Crippen molar-refractivity contribution in [2.45, 2.75) is 39.7 Å². The molecule has 1 heterocycles. The lowest BCUT2D eigenvalue weighted by atomic mass is 9.40. The smallest absolute Gasteiger partial charge is 0.355 e. The van der Waals surface area contributed by atoms with Gasteiger partial charge in [-0.15, -0.1) is 0 Å². The largest absolute Gasteiger partial charge is 0.464 e. The molecule has 0 spiro atoms. The van der Waals surface area contributed by atoms with Gasteiger partial charge in [-0.1, -0.05) is 31.5 Å². The summed E-state index contributed by atoms with van der Waals surface area (Å²) < 4.78 is 4.93. The molecule has 4 aliphatic rings. The van der Waals surface area contributed by atoms with E-state index in [0.29, 0.717) is 5.92 Å². The maximum absolute atomic E-state index is 13.2. The van der Waals surface area contributed by atoms with E-state index in [1.54, 1.807) is 0 Å². The molecule has 3 saturated carbocycles. The molecule has 5 heteroatoms. The third-order valence-corrected chi connectivity index (χ3v) is 6.80. The van der Waals surface area contributed by atoms with Crippen molar-refractivity contribution in [1.82, 2.24) is 0 Å². The molecular formula is C20H24N2O3. The fourth-order valence-corrected chi connectivity index (χ4v) is 5.33. The summed E-state index contributed by atoms with van der Waals surface area (Å²) in [6, 6.07) is 8.06. The Morgan fingerprint density at radius 2 is 1.88 bits per heavy atom. The van der Waals surface area contributed by atoms with E-state index in [9.17, 15) is 9.59 Å². The molecule has 25 heavy (non-hydrogen) atoms. The van der Waals surface area contributed by atoms with E-state index in [2.05, 4.69) is 25.9 Å². The summed E-state index contributed by atoms with van der Waals surface area (Å²) in [6.07, 6.45) is 0.866. The minimum Gasteiger partial charge on any atom is -0.464 e. The normalized spacial score (nSPS) is 34.9. The van der Waals surface area contributed by atoms with Crippen LogP contribution in [0.1, 0.15) is 32.8 Å². The van der Waals surface area contributed by atoms with Crippen molar-refractivity contribution in [1.29, 1.82) is 0 Å². The minimum absolute atomic E-state index is 0.00315. The van der Waals surface area contributed by atoms with E-state index in [1.165, 1.54) is 7.11 Å². The number of anilines is 1. The monoisotopic (exact) mass is 340 g/mol. The first-order valence-electron chi connectivity index (χ1n) is 8.80. The zero-order chi connectivity index (χ0) is 18.1. The van der Waals surface area contributed by atoms with Crippen LogP contribution in [0, 0.1) is 30.1 Å². The molecule has 5 nitrogen and oxygen atoms in total. The number of Topliss-reactive ketones (excluding diaryl/α,β-unsaturated/α-hetero) is 1. The Morgan fingerprint density at radius 3 is 2.44 bits per heavy atom. The van der Waals surface area contributed by atoms with Crippen molar-refractivity contribution in [3.05, 3.63) is 29.8 Å². The van der Waals surface area contributed by atoms with Gasteiger partial charge in [0.2, 0.25) is 0 Å². The molecule has 0 unspecified atom stereocenters. The number of aryl methyl sites for hydroxylation is 1. The summed E-state index contributed by atoms with van der Waals surface area (Å²) in [4.78, 5) is 25.6. The maximum Gasteiger partial charge on any atom is 0.355 e. The maximum atomic E-state index is 13.2. The van der Waals surface area contributed by atoms with Crippen molar-refractivity contribution >= 4 is 23.2 Å². The Kier molecular flexibility index (Phi) is 3.22. The van der Waals surface area contributed by atoms with Crippen LogP contribution in [0.2, 0.25) is 0 Å². The molecule has 4 atom stereocenters. The summed E-state index contributed by atoms with van der Waals surface area (Å²) in [7, 11) is 1.34. The number of methoxy groups -OCH3 is 1. The Bertz CT molecular complexity index is 796. The second-order valence-electron chi connectivity index (χ2n) is 8.35. The number of hydrogen-bond donors (Lipinski definition) is 0. The number of esters is 1. The summed E-state index contributed by atoms with van der Waals surface area (Å²) in [5.41, 5.74) is 1.71. The van der Waals surface area contributed by atoms with Gasteiger partial charge in [-0.25, -0.2) is 4.79 Å². The van der Waals surface area contributed by atoms with Crippen LogP contribution in [0.15, 0.2) is 29.4 Å². The topological polar surface area (TPSA) is 59.0 Å². The number of benzene rings is 1. The molecule has 3 aliphatic carbocycles. The van der Waals surface area contributed by atoms with Crippen molar-refractivity contribution < 1.29 is 14.3 Å². The Morgan fingerprint density at radius 1 is 1.24 bits per heavy atom. The number of rotatable bonds is 2. The summed E-state index contributed by atoms with van der Waals surface area (Å²) in [5, 5.41) is 6.53. The lowest BCUT2D eigenvalue weighted by molar-refractivity contribution is -0.165. The SMILES string of the molecule is COC(=O)C1=NN(c2ccc(C)cc2)[C@@]2(C)[C@@H]1C(=O)[C@H]1C[C@@H]2C1(C)C. The third-order valence-electron chi connectivity index (χ3n) is 6.80.